The standard InChI is InChI=1S/C11H15BrFNO/c1-14-10(6-7-15-2)8-4-3-5-9(12)11(8)13/h3-5,10,14H,6-7H2,1-2H3. The molecule has 0 aromatic heterocycles. The van der Waals surface area contributed by atoms with Crippen LogP contribution in [0.15, 0.2) is 22.7 Å². The fourth-order valence-corrected chi connectivity index (χ4v) is 1.86. The number of hydrogen-bond donors (Lipinski definition) is 1. The fourth-order valence-electron chi connectivity index (χ4n) is 1.48. The Balaban J connectivity index is 2.86. The predicted molar refractivity (Wildman–Crippen MR) is 62.4 cm³/mol. The Morgan fingerprint density at radius 3 is 2.87 bits per heavy atom. The van der Waals surface area contributed by atoms with Gasteiger partial charge in [-0.15, -0.1) is 0 Å². The van der Waals surface area contributed by atoms with E-state index in [0.29, 0.717) is 16.6 Å². The number of nitrogens with one attached hydrogen (secondary N) is 1. The highest BCUT2D eigenvalue weighted by atomic mass is 79.9. The number of benzene rings is 1. The molecule has 0 amide bonds. The molecular weight excluding hydrogens is 261 g/mol. The summed E-state index contributed by atoms with van der Waals surface area (Å²) in [6, 6.07) is 5.31. The molecule has 1 atom stereocenters. The lowest BCUT2D eigenvalue weighted by Gasteiger charge is -2.17. The van der Waals surface area contributed by atoms with Crippen LogP contribution in [0.1, 0.15) is 18.0 Å². The molecule has 84 valence electrons. The first-order chi connectivity index (χ1) is 7.20. The smallest absolute Gasteiger partial charge is 0.142 e. The topological polar surface area (TPSA) is 21.3 Å². The molecule has 1 unspecified atom stereocenters. The Bertz CT molecular complexity index is 319. The van der Waals surface area contributed by atoms with Crippen molar-refractivity contribution in [1.82, 2.24) is 5.32 Å². The van der Waals surface area contributed by atoms with E-state index in [1.165, 1.54) is 0 Å². The van der Waals surface area contributed by atoms with Crippen molar-refractivity contribution in [2.75, 3.05) is 20.8 Å². The third kappa shape index (κ3) is 3.26. The average molecular weight is 276 g/mol. The maximum Gasteiger partial charge on any atom is 0.142 e. The Morgan fingerprint density at radius 2 is 2.27 bits per heavy atom. The van der Waals surface area contributed by atoms with E-state index in [4.69, 9.17) is 4.74 Å². The van der Waals surface area contributed by atoms with Gasteiger partial charge >= 0.3 is 0 Å². The summed E-state index contributed by atoms with van der Waals surface area (Å²) in [4.78, 5) is 0. The molecule has 0 aliphatic rings. The highest BCUT2D eigenvalue weighted by Gasteiger charge is 2.15. The van der Waals surface area contributed by atoms with Crippen molar-refractivity contribution < 1.29 is 9.13 Å². The molecule has 1 aromatic rings. The number of rotatable bonds is 5. The van der Waals surface area contributed by atoms with Crippen LogP contribution in [0.25, 0.3) is 0 Å². The molecule has 1 N–H and O–H groups in total. The molecule has 0 spiro atoms. The van der Waals surface area contributed by atoms with Crippen molar-refractivity contribution in [3.05, 3.63) is 34.1 Å². The second kappa shape index (κ2) is 6.20. The summed E-state index contributed by atoms with van der Waals surface area (Å²) in [6.07, 6.45) is 0.750. The van der Waals surface area contributed by atoms with Crippen LogP contribution >= 0.6 is 15.9 Å². The molecule has 4 heteroatoms. The molecule has 0 bridgehead atoms. The molecule has 0 fully saturated rings. The molecule has 0 saturated carbocycles. The molecule has 0 radical (unpaired) electrons. The summed E-state index contributed by atoms with van der Waals surface area (Å²) in [7, 11) is 3.46. The van der Waals surface area contributed by atoms with E-state index in [-0.39, 0.29) is 11.9 Å². The zero-order chi connectivity index (χ0) is 11.3. The lowest BCUT2D eigenvalue weighted by atomic mass is 10.0. The van der Waals surface area contributed by atoms with Gasteiger partial charge in [-0.25, -0.2) is 4.39 Å². The molecule has 1 rings (SSSR count). The summed E-state index contributed by atoms with van der Waals surface area (Å²) in [5, 5.41) is 3.08. The highest BCUT2D eigenvalue weighted by molar-refractivity contribution is 9.10. The largest absolute Gasteiger partial charge is 0.385 e. The second-order valence-corrected chi connectivity index (χ2v) is 4.12. The first-order valence-electron chi connectivity index (χ1n) is 4.80. The maximum absolute atomic E-state index is 13.7. The number of methoxy groups -OCH3 is 1. The quantitative estimate of drug-likeness (QED) is 0.892. The molecule has 2 nitrogen and oxygen atoms in total. The average Bonchev–Trinajstić information content (AvgIpc) is 2.25. The molecule has 1 aromatic carbocycles. The van der Waals surface area contributed by atoms with Gasteiger partial charge in [0.2, 0.25) is 0 Å². The fraction of sp³-hybridized carbons (Fsp3) is 0.455. The van der Waals surface area contributed by atoms with Crippen LogP contribution in [0.2, 0.25) is 0 Å². The Labute approximate surface area is 98.0 Å². The van der Waals surface area contributed by atoms with Gasteiger partial charge in [-0.1, -0.05) is 12.1 Å². The molecule has 0 heterocycles. The van der Waals surface area contributed by atoms with Crippen molar-refractivity contribution in [2.45, 2.75) is 12.5 Å². The van der Waals surface area contributed by atoms with Gasteiger partial charge in [0.25, 0.3) is 0 Å². The maximum atomic E-state index is 13.7. The van der Waals surface area contributed by atoms with E-state index in [1.54, 1.807) is 19.2 Å². The van der Waals surface area contributed by atoms with Crippen LogP contribution in [0.4, 0.5) is 4.39 Å². The Morgan fingerprint density at radius 1 is 1.53 bits per heavy atom. The predicted octanol–water partition coefficient (Wildman–Crippen LogP) is 2.89. The second-order valence-electron chi connectivity index (χ2n) is 3.27. The minimum Gasteiger partial charge on any atom is -0.385 e. The molecule has 15 heavy (non-hydrogen) atoms. The zero-order valence-electron chi connectivity index (χ0n) is 8.89. The van der Waals surface area contributed by atoms with Gasteiger partial charge in [0.05, 0.1) is 4.47 Å². The minimum absolute atomic E-state index is 0.0116. The van der Waals surface area contributed by atoms with E-state index in [1.807, 2.05) is 13.1 Å². The van der Waals surface area contributed by atoms with Gasteiger partial charge in [-0.2, -0.15) is 0 Å². The van der Waals surface area contributed by atoms with Crippen molar-refractivity contribution in [2.24, 2.45) is 0 Å². The van der Waals surface area contributed by atoms with Crippen LogP contribution in [-0.4, -0.2) is 20.8 Å². The minimum atomic E-state index is -0.201. The van der Waals surface area contributed by atoms with E-state index in [2.05, 4.69) is 21.2 Å². The summed E-state index contributed by atoms with van der Waals surface area (Å²) in [5.41, 5.74) is 0.670. The summed E-state index contributed by atoms with van der Waals surface area (Å²) < 4.78 is 19.2. The van der Waals surface area contributed by atoms with Gasteiger partial charge in [0.1, 0.15) is 5.82 Å². The van der Waals surface area contributed by atoms with Crippen LogP contribution in [0.5, 0.6) is 0 Å². The van der Waals surface area contributed by atoms with Crippen LogP contribution in [0, 0.1) is 5.82 Å². The van der Waals surface area contributed by atoms with Gasteiger partial charge in [0.15, 0.2) is 0 Å². The van der Waals surface area contributed by atoms with Crippen LogP contribution in [0.3, 0.4) is 0 Å². The summed E-state index contributed by atoms with van der Waals surface area (Å²) >= 11 is 3.18. The number of ether oxygens (including phenoxy) is 1. The Kier molecular flexibility index (Phi) is 5.22. The third-order valence-electron chi connectivity index (χ3n) is 2.32. The zero-order valence-corrected chi connectivity index (χ0v) is 10.5. The molecular formula is C11H15BrFNO. The Hall–Kier alpha value is -0.450. The van der Waals surface area contributed by atoms with Gasteiger partial charge in [0, 0.05) is 25.3 Å². The normalized spacial score (nSPS) is 12.8. The molecule has 0 aliphatic heterocycles. The first-order valence-corrected chi connectivity index (χ1v) is 5.60. The molecule has 0 saturated heterocycles. The van der Waals surface area contributed by atoms with Crippen molar-refractivity contribution in [3.8, 4) is 0 Å². The lowest BCUT2D eigenvalue weighted by molar-refractivity contribution is 0.183. The van der Waals surface area contributed by atoms with Gasteiger partial charge in [-0.05, 0) is 35.5 Å². The van der Waals surface area contributed by atoms with E-state index >= 15 is 0 Å². The monoisotopic (exact) mass is 275 g/mol. The van der Waals surface area contributed by atoms with Crippen molar-refractivity contribution in [1.29, 1.82) is 0 Å². The van der Waals surface area contributed by atoms with E-state index in [0.717, 1.165) is 6.42 Å². The number of halogens is 2. The van der Waals surface area contributed by atoms with E-state index < -0.39 is 0 Å². The van der Waals surface area contributed by atoms with E-state index in [9.17, 15) is 4.39 Å². The van der Waals surface area contributed by atoms with Gasteiger partial charge in [-0.3, -0.25) is 0 Å². The van der Waals surface area contributed by atoms with Crippen LogP contribution in [-0.2, 0) is 4.74 Å². The van der Waals surface area contributed by atoms with Gasteiger partial charge < -0.3 is 10.1 Å². The third-order valence-corrected chi connectivity index (χ3v) is 2.93. The lowest BCUT2D eigenvalue weighted by Crippen LogP contribution is -2.19. The van der Waals surface area contributed by atoms with Crippen molar-refractivity contribution >= 4 is 15.9 Å². The SMILES string of the molecule is CNC(CCOC)c1cccc(Br)c1F. The number of hydrogen-bond acceptors (Lipinski definition) is 2. The van der Waals surface area contributed by atoms with Crippen LogP contribution < -0.4 is 5.32 Å². The molecule has 0 aliphatic carbocycles. The summed E-state index contributed by atoms with van der Waals surface area (Å²) in [6.45, 7) is 0.609. The first kappa shape index (κ1) is 12.6. The highest BCUT2D eigenvalue weighted by Crippen LogP contribution is 2.25. The summed E-state index contributed by atoms with van der Waals surface area (Å²) in [5.74, 6) is -0.201. The van der Waals surface area contributed by atoms with Crippen molar-refractivity contribution in [3.63, 3.8) is 0 Å².